The van der Waals surface area contributed by atoms with Crippen LogP contribution in [0.25, 0.3) is 22.3 Å². The molecule has 9 heteroatoms. The van der Waals surface area contributed by atoms with E-state index in [9.17, 15) is 9.90 Å². The van der Waals surface area contributed by atoms with Crippen LogP contribution >= 0.6 is 11.3 Å². The monoisotopic (exact) mass is 448 g/mol. The van der Waals surface area contributed by atoms with Gasteiger partial charge in [-0.05, 0) is 57.0 Å². The Balaban J connectivity index is 1.38. The summed E-state index contributed by atoms with van der Waals surface area (Å²) < 4.78 is 0. The lowest BCUT2D eigenvalue weighted by Gasteiger charge is -2.22. The Bertz CT molecular complexity index is 1300. The van der Waals surface area contributed by atoms with E-state index < -0.39 is 0 Å². The van der Waals surface area contributed by atoms with Gasteiger partial charge in [0.25, 0.3) is 5.91 Å². The summed E-state index contributed by atoms with van der Waals surface area (Å²) in [6.45, 7) is 4.70. The van der Waals surface area contributed by atoms with Crippen molar-refractivity contribution < 1.29 is 9.90 Å². The summed E-state index contributed by atoms with van der Waals surface area (Å²) in [5, 5.41) is 14.7. The highest BCUT2D eigenvalue weighted by atomic mass is 32.1. The quantitative estimate of drug-likeness (QED) is 0.425. The zero-order valence-corrected chi connectivity index (χ0v) is 18.7. The molecule has 1 aliphatic rings. The molecule has 5 rings (SSSR count). The number of aromatic nitrogens is 4. The second-order valence-electron chi connectivity index (χ2n) is 7.99. The highest BCUT2D eigenvalue weighted by Crippen LogP contribution is 2.28. The second-order valence-corrected chi connectivity index (χ2v) is 9.40. The van der Waals surface area contributed by atoms with Crippen molar-refractivity contribution in [2.45, 2.75) is 32.7 Å². The Labute approximate surface area is 189 Å². The Morgan fingerprint density at radius 1 is 1.28 bits per heavy atom. The molecule has 0 aliphatic carbocycles. The Kier molecular flexibility index (Phi) is 5.36. The van der Waals surface area contributed by atoms with Gasteiger partial charge in [0.2, 0.25) is 5.95 Å². The van der Waals surface area contributed by atoms with E-state index >= 15 is 0 Å². The number of aryl methyl sites for hydroxylation is 2. The largest absolute Gasteiger partial charge is 0.394 e. The molecule has 0 spiro atoms. The van der Waals surface area contributed by atoms with E-state index in [1.54, 1.807) is 22.4 Å². The molecular weight excluding hydrogens is 424 g/mol. The van der Waals surface area contributed by atoms with E-state index in [0.29, 0.717) is 18.2 Å². The van der Waals surface area contributed by atoms with Gasteiger partial charge in [0.05, 0.1) is 23.4 Å². The predicted octanol–water partition coefficient (Wildman–Crippen LogP) is 4.04. The molecule has 0 unspecified atom stereocenters. The summed E-state index contributed by atoms with van der Waals surface area (Å²) >= 11 is 1.65. The molecule has 32 heavy (non-hydrogen) atoms. The summed E-state index contributed by atoms with van der Waals surface area (Å²) in [6.07, 6.45) is 3.48. The zero-order valence-electron chi connectivity index (χ0n) is 17.9. The van der Waals surface area contributed by atoms with Crippen molar-refractivity contribution in [3.63, 3.8) is 0 Å². The third-order valence-electron chi connectivity index (χ3n) is 5.76. The van der Waals surface area contributed by atoms with Crippen LogP contribution in [0.5, 0.6) is 0 Å². The number of rotatable bonds is 5. The van der Waals surface area contributed by atoms with E-state index in [1.807, 2.05) is 44.2 Å². The number of aliphatic hydroxyl groups excluding tert-OH is 1. The molecule has 4 heterocycles. The van der Waals surface area contributed by atoms with Crippen molar-refractivity contribution in [1.82, 2.24) is 24.8 Å². The minimum atomic E-state index is -0.0966. The first-order valence-electron chi connectivity index (χ1n) is 10.6. The molecule has 1 atom stereocenters. The average molecular weight is 449 g/mol. The van der Waals surface area contributed by atoms with Gasteiger partial charge >= 0.3 is 0 Å². The number of hydrogen-bond donors (Lipinski definition) is 3. The highest BCUT2D eigenvalue weighted by molar-refractivity contribution is 7.11. The van der Waals surface area contributed by atoms with Crippen molar-refractivity contribution >= 4 is 39.8 Å². The average Bonchev–Trinajstić information content (AvgIpc) is 3.50. The zero-order chi connectivity index (χ0) is 22.2. The number of hydrogen-bond acceptors (Lipinski definition) is 7. The van der Waals surface area contributed by atoms with Crippen LogP contribution in [0.2, 0.25) is 0 Å². The number of carbonyl (C=O) groups is 1. The van der Waals surface area contributed by atoms with Gasteiger partial charge in [-0.15, -0.1) is 11.3 Å². The number of benzene rings is 1. The third-order valence-corrected chi connectivity index (χ3v) is 6.64. The number of carbonyl (C=O) groups excluding carboxylic acids is 1. The first kappa shape index (κ1) is 20.6. The van der Waals surface area contributed by atoms with Crippen LogP contribution in [0.4, 0.5) is 11.6 Å². The number of likely N-dealkylation sites (tertiary alicyclic amines) is 1. The molecule has 1 aromatic carbocycles. The van der Waals surface area contributed by atoms with Crippen molar-refractivity contribution in [3.8, 4) is 11.4 Å². The fourth-order valence-electron chi connectivity index (χ4n) is 4.22. The molecule has 1 aliphatic heterocycles. The number of thiazole rings is 1. The molecule has 4 aromatic rings. The Morgan fingerprint density at radius 3 is 2.94 bits per heavy atom. The summed E-state index contributed by atoms with van der Waals surface area (Å²) in [5.41, 5.74) is 3.90. The SMILES string of the molecule is Cc1nc(-c2ccnc(Nc3ccc4[nH]c(C(=O)N5CCC[C@@H]5CO)cc4c3)n2)c(C)s1. The lowest BCUT2D eigenvalue weighted by molar-refractivity contribution is 0.0672. The van der Waals surface area contributed by atoms with Crippen LogP contribution < -0.4 is 5.32 Å². The molecule has 3 aromatic heterocycles. The summed E-state index contributed by atoms with van der Waals surface area (Å²) in [6, 6.07) is 9.44. The number of nitrogens with zero attached hydrogens (tertiary/aromatic N) is 4. The molecule has 8 nitrogen and oxygen atoms in total. The lowest BCUT2D eigenvalue weighted by Crippen LogP contribution is -2.37. The normalized spacial score (nSPS) is 16.1. The molecule has 3 N–H and O–H groups in total. The van der Waals surface area contributed by atoms with E-state index in [4.69, 9.17) is 0 Å². The summed E-state index contributed by atoms with van der Waals surface area (Å²) in [5.74, 6) is 0.416. The van der Waals surface area contributed by atoms with E-state index in [-0.39, 0.29) is 18.6 Å². The lowest BCUT2D eigenvalue weighted by atomic mass is 10.2. The number of nitrogens with one attached hydrogen (secondary N) is 2. The maximum absolute atomic E-state index is 12.9. The molecule has 0 radical (unpaired) electrons. The Morgan fingerprint density at radius 2 is 2.16 bits per heavy atom. The van der Waals surface area contributed by atoms with Gasteiger partial charge in [-0.2, -0.15) is 0 Å². The molecule has 0 bridgehead atoms. The van der Waals surface area contributed by atoms with Gasteiger partial charge in [0.15, 0.2) is 0 Å². The van der Waals surface area contributed by atoms with Gasteiger partial charge in [-0.1, -0.05) is 0 Å². The molecule has 164 valence electrons. The number of amides is 1. The van der Waals surface area contributed by atoms with Crippen LogP contribution in [-0.4, -0.2) is 55.0 Å². The van der Waals surface area contributed by atoms with Crippen molar-refractivity contribution in [2.75, 3.05) is 18.5 Å². The summed E-state index contributed by atoms with van der Waals surface area (Å²) in [4.78, 5) is 32.5. The minimum absolute atomic E-state index is 0.000898. The fraction of sp³-hybridized carbons (Fsp3) is 0.304. The van der Waals surface area contributed by atoms with E-state index in [1.165, 1.54) is 0 Å². The molecule has 1 fully saturated rings. The van der Waals surface area contributed by atoms with Gasteiger partial charge in [0.1, 0.15) is 11.4 Å². The first-order chi connectivity index (χ1) is 15.5. The van der Waals surface area contributed by atoms with Crippen molar-refractivity contribution in [1.29, 1.82) is 0 Å². The molecule has 0 saturated carbocycles. The maximum Gasteiger partial charge on any atom is 0.270 e. The molecular formula is C23H24N6O2S. The first-order valence-corrected chi connectivity index (χ1v) is 11.4. The number of anilines is 2. The maximum atomic E-state index is 12.9. The standard InChI is InChI=1S/C23H24N6O2S/c1-13-21(25-14(2)32-13)19-7-8-24-23(28-19)26-16-5-6-18-15(10-16)11-20(27-18)22(31)29-9-3-4-17(29)12-30/h5-8,10-11,17,27,30H,3-4,9,12H2,1-2H3,(H,24,26,28)/t17-/m1/s1. The summed E-state index contributed by atoms with van der Waals surface area (Å²) in [7, 11) is 0. The van der Waals surface area contributed by atoms with Gasteiger partial charge in [-0.3, -0.25) is 4.79 Å². The number of aromatic amines is 1. The van der Waals surface area contributed by atoms with Crippen molar-refractivity contribution in [2.24, 2.45) is 0 Å². The van der Waals surface area contributed by atoms with Gasteiger partial charge in [0, 0.05) is 34.2 Å². The van der Waals surface area contributed by atoms with Crippen LogP contribution in [0.3, 0.4) is 0 Å². The molecule has 1 saturated heterocycles. The van der Waals surface area contributed by atoms with Crippen molar-refractivity contribution in [3.05, 3.63) is 52.1 Å². The van der Waals surface area contributed by atoms with Crippen LogP contribution in [0.15, 0.2) is 36.5 Å². The van der Waals surface area contributed by atoms with Gasteiger partial charge < -0.3 is 20.3 Å². The number of aliphatic hydroxyl groups is 1. The second kappa shape index (κ2) is 8.33. The fourth-order valence-corrected chi connectivity index (χ4v) is 5.05. The molecule has 1 amide bonds. The van der Waals surface area contributed by atoms with Crippen LogP contribution in [0, 0.1) is 13.8 Å². The number of H-pyrrole nitrogens is 1. The Hall–Kier alpha value is -3.30. The van der Waals surface area contributed by atoms with E-state index in [0.717, 1.165) is 50.7 Å². The van der Waals surface area contributed by atoms with Crippen LogP contribution in [-0.2, 0) is 0 Å². The number of fused-ring (bicyclic) bond motifs is 1. The minimum Gasteiger partial charge on any atom is -0.394 e. The topological polar surface area (TPSA) is 107 Å². The third kappa shape index (κ3) is 3.85. The smallest absolute Gasteiger partial charge is 0.270 e. The van der Waals surface area contributed by atoms with Gasteiger partial charge in [-0.25, -0.2) is 15.0 Å². The van der Waals surface area contributed by atoms with E-state index in [2.05, 4.69) is 25.3 Å². The van der Waals surface area contributed by atoms with Crippen LogP contribution in [0.1, 0.15) is 33.2 Å². The predicted molar refractivity (Wildman–Crippen MR) is 125 cm³/mol. The highest BCUT2D eigenvalue weighted by Gasteiger charge is 2.29.